The number of benzene rings is 4. The smallest absolute Gasteiger partial charge is 0.289 e. The molecule has 4 atom stereocenters. The molecular formula is C33H31N3O7S2. The Balaban J connectivity index is 1.52. The summed E-state index contributed by atoms with van der Waals surface area (Å²) >= 11 is 0. The number of sulfonamides is 2. The molecule has 0 N–H and O–H groups in total. The fraction of sp³-hybridized carbons (Fsp3) is 0.242. The van der Waals surface area contributed by atoms with Crippen LogP contribution in [0.2, 0.25) is 0 Å². The number of aryl methyl sites for hydroxylation is 1. The molecule has 2 aliphatic rings. The van der Waals surface area contributed by atoms with E-state index in [0.29, 0.717) is 11.1 Å². The average molecular weight is 646 g/mol. The second kappa shape index (κ2) is 11.9. The van der Waals surface area contributed by atoms with Crippen LogP contribution in [-0.2, 0) is 24.8 Å². The third-order valence-corrected chi connectivity index (χ3v) is 12.6. The Morgan fingerprint density at radius 3 is 1.89 bits per heavy atom. The summed E-state index contributed by atoms with van der Waals surface area (Å²) in [7, 11) is -8.69. The lowest BCUT2D eigenvalue weighted by atomic mass is 9.77. The van der Waals surface area contributed by atoms with E-state index in [9.17, 15) is 31.7 Å². The van der Waals surface area contributed by atoms with Crippen LogP contribution >= 0.6 is 0 Å². The van der Waals surface area contributed by atoms with Crippen molar-refractivity contribution >= 4 is 31.5 Å². The van der Waals surface area contributed by atoms with Crippen LogP contribution in [0.3, 0.4) is 0 Å². The van der Waals surface area contributed by atoms with Gasteiger partial charge in [0.05, 0.1) is 21.9 Å². The number of nitro benzene ring substituents is 1. The molecule has 10 nitrogen and oxygen atoms in total. The molecule has 45 heavy (non-hydrogen) atoms. The zero-order chi connectivity index (χ0) is 31.9. The van der Waals surface area contributed by atoms with E-state index in [4.69, 9.17) is 0 Å². The molecule has 2 heterocycles. The molecule has 0 aromatic heterocycles. The number of ketones is 1. The fourth-order valence-electron chi connectivity index (χ4n) is 6.53. The van der Waals surface area contributed by atoms with Gasteiger partial charge < -0.3 is 0 Å². The first kappa shape index (κ1) is 30.8. The summed E-state index contributed by atoms with van der Waals surface area (Å²) in [6.07, 6.45) is -0.242. The number of hydrogen-bond donors (Lipinski definition) is 0. The quantitative estimate of drug-likeness (QED) is 0.193. The van der Waals surface area contributed by atoms with Gasteiger partial charge in [-0.2, -0.15) is 8.61 Å². The van der Waals surface area contributed by atoms with Gasteiger partial charge in [-0.15, -0.1) is 0 Å². The van der Waals surface area contributed by atoms with Crippen molar-refractivity contribution in [1.82, 2.24) is 8.61 Å². The van der Waals surface area contributed by atoms with Crippen molar-refractivity contribution < 1.29 is 26.6 Å². The van der Waals surface area contributed by atoms with Gasteiger partial charge in [0.2, 0.25) is 10.0 Å². The summed E-state index contributed by atoms with van der Waals surface area (Å²) in [5, 5.41) is 12.0. The standard InChI is InChI=1S/C33H31N3O7S2/c1-23-16-18-26(19-17-23)44(40,41)34-22-27-31(20-29(34)24-10-4-2-5-11-24)35(30(21-32(27)37)25-12-6-3-7-13-25)45(42,43)33-15-9-8-14-28(33)36(38)39/h2-19,27,29-31H,20-22H2,1H3/t27-,29+,30+,31+/m1/s1. The van der Waals surface area contributed by atoms with E-state index in [2.05, 4.69) is 0 Å². The van der Waals surface area contributed by atoms with Gasteiger partial charge >= 0.3 is 0 Å². The second-order valence-corrected chi connectivity index (χ2v) is 15.1. The summed E-state index contributed by atoms with van der Waals surface area (Å²) in [6, 6.07) is 26.5. The summed E-state index contributed by atoms with van der Waals surface area (Å²) in [5.41, 5.74) is 1.52. The van der Waals surface area contributed by atoms with Gasteiger partial charge in [-0.05, 0) is 42.7 Å². The third-order valence-electron chi connectivity index (χ3n) is 8.71. The number of nitro groups is 1. The van der Waals surface area contributed by atoms with Gasteiger partial charge in [0.15, 0.2) is 4.90 Å². The number of hydrogen-bond acceptors (Lipinski definition) is 7. The Bertz CT molecular complexity index is 1950. The Kier molecular flexibility index (Phi) is 8.16. The van der Waals surface area contributed by atoms with Gasteiger partial charge in [0, 0.05) is 31.0 Å². The summed E-state index contributed by atoms with van der Waals surface area (Å²) in [5.74, 6) is -1.26. The fourth-order valence-corrected chi connectivity index (χ4v) is 10.2. The Labute approximate surface area is 262 Å². The molecule has 0 bridgehead atoms. The zero-order valence-electron chi connectivity index (χ0n) is 24.3. The van der Waals surface area contributed by atoms with Crippen LogP contribution in [0.5, 0.6) is 0 Å². The average Bonchev–Trinajstić information content (AvgIpc) is 3.05. The molecule has 0 aliphatic carbocycles. The van der Waals surface area contributed by atoms with E-state index in [1.807, 2.05) is 6.92 Å². The first-order chi connectivity index (χ1) is 21.5. The molecule has 4 aromatic rings. The van der Waals surface area contributed by atoms with Gasteiger partial charge in [0.25, 0.3) is 15.7 Å². The van der Waals surface area contributed by atoms with E-state index in [-0.39, 0.29) is 30.1 Å². The largest absolute Gasteiger partial charge is 0.299 e. The van der Waals surface area contributed by atoms with Crippen molar-refractivity contribution in [2.75, 3.05) is 6.54 Å². The molecular weight excluding hydrogens is 615 g/mol. The molecule has 232 valence electrons. The normalized spacial score (nSPS) is 22.9. The second-order valence-electron chi connectivity index (χ2n) is 11.4. The minimum atomic E-state index is -4.57. The summed E-state index contributed by atoms with van der Waals surface area (Å²) in [4.78, 5) is 24.8. The first-order valence-corrected chi connectivity index (χ1v) is 17.4. The minimum absolute atomic E-state index is 0.0330. The third kappa shape index (κ3) is 5.59. The minimum Gasteiger partial charge on any atom is -0.299 e. The number of nitrogens with zero attached hydrogens (tertiary/aromatic N) is 3. The number of fused-ring (bicyclic) bond motifs is 1. The molecule has 2 fully saturated rings. The van der Waals surface area contributed by atoms with Crippen LogP contribution in [0.15, 0.2) is 119 Å². The molecule has 0 spiro atoms. The number of Topliss-reactive ketones (excluding diaryl/α,β-unsaturated/α-hetero) is 1. The monoisotopic (exact) mass is 645 g/mol. The van der Waals surface area contributed by atoms with Crippen LogP contribution in [0.4, 0.5) is 5.69 Å². The van der Waals surface area contributed by atoms with E-state index in [1.54, 1.807) is 72.8 Å². The highest BCUT2D eigenvalue weighted by Crippen LogP contribution is 2.48. The van der Waals surface area contributed by atoms with Crippen LogP contribution in [-0.4, -0.2) is 48.7 Å². The number of carbonyl (C=O) groups is 1. The molecule has 6 rings (SSSR count). The van der Waals surface area contributed by atoms with Gasteiger partial charge in [-0.1, -0.05) is 90.5 Å². The highest BCUT2D eigenvalue weighted by Gasteiger charge is 2.55. The maximum absolute atomic E-state index is 14.6. The van der Waals surface area contributed by atoms with Gasteiger partial charge in [-0.25, -0.2) is 16.8 Å². The number of rotatable bonds is 7. The van der Waals surface area contributed by atoms with Crippen molar-refractivity contribution in [3.05, 3.63) is 136 Å². The molecule has 0 unspecified atom stereocenters. The molecule has 4 aromatic carbocycles. The molecule has 0 amide bonds. The molecule has 0 saturated carbocycles. The van der Waals surface area contributed by atoms with Crippen LogP contribution in [0.1, 0.15) is 41.6 Å². The number of piperidine rings is 2. The van der Waals surface area contributed by atoms with Crippen molar-refractivity contribution in [2.24, 2.45) is 5.92 Å². The van der Waals surface area contributed by atoms with Crippen molar-refractivity contribution in [3.8, 4) is 0 Å². The molecule has 2 saturated heterocycles. The van der Waals surface area contributed by atoms with E-state index in [0.717, 1.165) is 11.6 Å². The lowest BCUT2D eigenvalue weighted by molar-refractivity contribution is -0.387. The number of para-hydroxylation sites is 1. The van der Waals surface area contributed by atoms with E-state index in [1.165, 1.54) is 38.9 Å². The molecule has 12 heteroatoms. The van der Waals surface area contributed by atoms with Crippen molar-refractivity contribution in [1.29, 1.82) is 0 Å². The maximum atomic E-state index is 14.6. The SMILES string of the molecule is Cc1ccc(S(=O)(=O)N2C[C@H]3C(=O)C[C@@H](c4ccccc4)N(S(=O)(=O)c4ccccc4[N+](=O)[O-])[C@H]3C[C@H]2c2ccccc2)cc1. The Morgan fingerprint density at radius 1 is 0.733 bits per heavy atom. The molecule has 0 radical (unpaired) electrons. The van der Waals surface area contributed by atoms with Crippen LogP contribution < -0.4 is 0 Å². The maximum Gasteiger partial charge on any atom is 0.289 e. The highest BCUT2D eigenvalue weighted by molar-refractivity contribution is 7.89. The number of carbonyl (C=O) groups excluding carboxylic acids is 1. The summed E-state index contributed by atoms with van der Waals surface area (Å²) in [6.45, 7) is 1.61. The van der Waals surface area contributed by atoms with Gasteiger partial charge in [-0.3, -0.25) is 14.9 Å². The Hall–Kier alpha value is -4.23. The van der Waals surface area contributed by atoms with Gasteiger partial charge in [0.1, 0.15) is 5.78 Å². The van der Waals surface area contributed by atoms with E-state index >= 15 is 0 Å². The zero-order valence-corrected chi connectivity index (χ0v) is 26.0. The predicted molar refractivity (Wildman–Crippen MR) is 167 cm³/mol. The lowest BCUT2D eigenvalue weighted by Gasteiger charge is -2.51. The first-order valence-electron chi connectivity index (χ1n) is 14.5. The lowest BCUT2D eigenvalue weighted by Crippen LogP contribution is -2.60. The topological polar surface area (TPSA) is 135 Å². The molecule has 2 aliphatic heterocycles. The van der Waals surface area contributed by atoms with Crippen molar-refractivity contribution in [2.45, 2.75) is 47.7 Å². The highest BCUT2D eigenvalue weighted by atomic mass is 32.2. The Morgan fingerprint density at radius 2 is 1.29 bits per heavy atom. The van der Waals surface area contributed by atoms with Crippen LogP contribution in [0, 0.1) is 23.0 Å². The van der Waals surface area contributed by atoms with Crippen molar-refractivity contribution in [3.63, 3.8) is 0 Å². The predicted octanol–water partition coefficient (Wildman–Crippen LogP) is 5.43. The summed E-state index contributed by atoms with van der Waals surface area (Å²) < 4.78 is 60.1. The van der Waals surface area contributed by atoms with Crippen LogP contribution in [0.25, 0.3) is 0 Å². The van der Waals surface area contributed by atoms with E-state index < -0.39 is 59.6 Å².